The Morgan fingerprint density at radius 1 is 1.32 bits per heavy atom. The predicted molar refractivity (Wildman–Crippen MR) is 107 cm³/mol. The molecule has 8 nitrogen and oxygen atoms in total. The first kappa shape index (κ1) is 18.8. The molecule has 2 saturated carbocycles. The Balaban J connectivity index is 1.33. The van der Waals surface area contributed by atoms with Gasteiger partial charge < -0.3 is 15.4 Å². The van der Waals surface area contributed by atoms with Crippen LogP contribution in [0.2, 0.25) is 0 Å². The lowest BCUT2D eigenvalue weighted by Crippen LogP contribution is -2.39. The van der Waals surface area contributed by atoms with Crippen molar-refractivity contribution in [2.75, 3.05) is 11.9 Å². The normalized spacial score (nSPS) is 21.9. The van der Waals surface area contributed by atoms with Crippen LogP contribution in [-0.4, -0.2) is 37.8 Å². The first-order valence-corrected chi connectivity index (χ1v) is 10.1. The molecule has 2 aliphatic carbocycles. The van der Waals surface area contributed by atoms with E-state index < -0.39 is 5.60 Å². The SMILES string of the molecule is Cn1nccc1Nc1cn([C@H]2C[C@H](CNC(=O)OC(C)(C)C)C2)nc1C1CC1. The van der Waals surface area contributed by atoms with Crippen molar-refractivity contribution in [3.05, 3.63) is 24.2 Å². The molecule has 0 spiro atoms. The van der Waals surface area contributed by atoms with Crippen LogP contribution in [0, 0.1) is 5.92 Å². The highest BCUT2D eigenvalue weighted by Gasteiger charge is 2.35. The molecule has 2 heterocycles. The predicted octanol–water partition coefficient (Wildman–Crippen LogP) is 3.71. The zero-order valence-electron chi connectivity index (χ0n) is 17.1. The Labute approximate surface area is 165 Å². The van der Waals surface area contributed by atoms with Gasteiger partial charge in [-0.05, 0) is 52.4 Å². The number of hydrogen-bond donors (Lipinski definition) is 2. The van der Waals surface area contributed by atoms with Gasteiger partial charge in [0.1, 0.15) is 11.4 Å². The standard InChI is InChI=1S/C20H30N6O2/c1-20(2,3)28-19(27)21-11-13-9-15(10-13)26-12-16(18(24-26)14-5-6-14)23-17-7-8-22-25(17)4/h7-8,12-15,23H,5-6,9-11H2,1-4H3,(H,21,27)/t13-,15-. The minimum atomic E-state index is -0.461. The van der Waals surface area contributed by atoms with E-state index in [0.29, 0.717) is 24.4 Å². The molecule has 2 N–H and O–H groups in total. The van der Waals surface area contributed by atoms with Crippen LogP contribution in [0.25, 0.3) is 0 Å². The summed E-state index contributed by atoms with van der Waals surface area (Å²) < 4.78 is 9.23. The van der Waals surface area contributed by atoms with E-state index in [4.69, 9.17) is 9.84 Å². The van der Waals surface area contributed by atoms with E-state index in [0.717, 1.165) is 30.0 Å². The van der Waals surface area contributed by atoms with Crippen LogP contribution in [0.15, 0.2) is 18.5 Å². The molecule has 0 atom stereocenters. The number of nitrogens with zero attached hydrogens (tertiary/aromatic N) is 4. The van der Waals surface area contributed by atoms with Gasteiger partial charge in [0.15, 0.2) is 0 Å². The first-order valence-electron chi connectivity index (χ1n) is 10.1. The summed E-state index contributed by atoms with van der Waals surface area (Å²) in [4.78, 5) is 11.8. The molecule has 2 aliphatic rings. The summed E-state index contributed by atoms with van der Waals surface area (Å²) in [6.45, 7) is 6.27. The number of amides is 1. The minimum Gasteiger partial charge on any atom is -0.444 e. The molecule has 8 heteroatoms. The van der Waals surface area contributed by atoms with Crippen LogP contribution >= 0.6 is 0 Å². The maximum Gasteiger partial charge on any atom is 0.407 e. The molecule has 0 aromatic carbocycles. The second-order valence-corrected chi connectivity index (χ2v) is 9.02. The van der Waals surface area contributed by atoms with Crippen molar-refractivity contribution in [1.29, 1.82) is 0 Å². The number of anilines is 2. The Morgan fingerprint density at radius 2 is 2.07 bits per heavy atom. The lowest BCUT2D eigenvalue weighted by atomic mass is 9.80. The third kappa shape index (κ3) is 4.31. The Bertz CT molecular complexity index is 839. The van der Waals surface area contributed by atoms with E-state index in [1.807, 2.05) is 38.6 Å². The van der Waals surface area contributed by atoms with Crippen LogP contribution < -0.4 is 10.6 Å². The molecule has 0 unspecified atom stereocenters. The van der Waals surface area contributed by atoms with Crippen molar-refractivity contribution < 1.29 is 9.53 Å². The summed E-state index contributed by atoms with van der Waals surface area (Å²) in [7, 11) is 1.93. The molecular formula is C20H30N6O2. The van der Waals surface area contributed by atoms with Crippen LogP contribution in [0.4, 0.5) is 16.3 Å². The van der Waals surface area contributed by atoms with Gasteiger partial charge in [-0.1, -0.05) is 0 Å². The highest BCUT2D eigenvalue weighted by molar-refractivity contribution is 5.67. The number of nitrogens with one attached hydrogen (secondary N) is 2. The van der Waals surface area contributed by atoms with Gasteiger partial charge in [-0.15, -0.1) is 0 Å². The monoisotopic (exact) mass is 386 g/mol. The largest absolute Gasteiger partial charge is 0.444 e. The van der Waals surface area contributed by atoms with Crippen molar-refractivity contribution in [2.24, 2.45) is 13.0 Å². The minimum absolute atomic E-state index is 0.339. The molecule has 0 saturated heterocycles. The van der Waals surface area contributed by atoms with Crippen molar-refractivity contribution in [3.63, 3.8) is 0 Å². The van der Waals surface area contributed by atoms with Crippen LogP contribution in [0.3, 0.4) is 0 Å². The van der Waals surface area contributed by atoms with E-state index in [-0.39, 0.29) is 6.09 Å². The molecule has 2 fully saturated rings. The number of carbonyl (C=O) groups is 1. The maximum atomic E-state index is 11.8. The third-order valence-electron chi connectivity index (χ3n) is 5.33. The summed E-state index contributed by atoms with van der Waals surface area (Å²) in [5.74, 6) is 2.01. The summed E-state index contributed by atoms with van der Waals surface area (Å²) in [6, 6.07) is 2.36. The highest BCUT2D eigenvalue weighted by atomic mass is 16.6. The molecule has 0 aliphatic heterocycles. The second kappa shape index (κ2) is 7.14. The number of aryl methyl sites for hydroxylation is 1. The second-order valence-electron chi connectivity index (χ2n) is 9.02. The number of rotatable bonds is 6. The lowest BCUT2D eigenvalue weighted by molar-refractivity contribution is 0.0498. The van der Waals surface area contributed by atoms with E-state index in [9.17, 15) is 4.79 Å². The fourth-order valence-corrected chi connectivity index (χ4v) is 3.61. The van der Waals surface area contributed by atoms with Gasteiger partial charge in [-0.3, -0.25) is 9.36 Å². The van der Waals surface area contributed by atoms with Crippen LogP contribution in [-0.2, 0) is 11.8 Å². The molecule has 1 amide bonds. The van der Waals surface area contributed by atoms with Gasteiger partial charge in [-0.25, -0.2) is 4.79 Å². The average molecular weight is 387 g/mol. The highest BCUT2D eigenvalue weighted by Crippen LogP contribution is 2.45. The molecular weight excluding hydrogens is 356 g/mol. The fraction of sp³-hybridized carbons (Fsp3) is 0.650. The van der Waals surface area contributed by atoms with Gasteiger partial charge in [0.05, 0.1) is 23.6 Å². The summed E-state index contributed by atoms with van der Waals surface area (Å²) in [5, 5.41) is 15.5. The van der Waals surface area contributed by atoms with Crippen molar-refractivity contribution >= 4 is 17.6 Å². The van der Waals surface area contributed by atoms with Crippen molar-refractivity contribution in [3.8, 4) is 0 Å². The molecule has 2 aromatic heterocycles. The topological polar surface area (TPSA) is 86.0 Å². The maximum absolute atomic E-state index is 11.8. The smallest absolute Gasteiger partial charge is 0.407 e. The van der Waals surface area contributed by atoms with Crippen LogP contribution in [0.1, 0.15) is 64.1 Å². The molecule has 4 rings (SSSR count). The lowest BCUT2D eigenvalue weighted by Gasteiger charge is -2.35. The van der Waals surface area contributed by atoms with Crippen molar-refractivity contribution in [2.45, 2.75) is 64.0 Å². The molecule has 152 valence electrons. The third-order valence-corrected chi connectivity index (χ3v) is 5.33. The molecule has 0 bridgehead atoms. The zero-order chi connectivity index (χ0) is 19.9. The number of hydrogen-bond acceptors (Lipinski definition) is 5. The van der Waals surface area contributed by atoms with E-state index >= 15 is 0 Å². The first-order chi connectivity index (χ1) is 13.3. The summed E-state index contributed by atoms with van der Waals surface area (Å²) >= 11 is 0. The van der Waals surface area contributed by atoms with Gasteiger partial charge in [0, 0.05) is 31.8 Å². The Kier molecular flexibility index (Phi) is 4.81. The Morgan fingerprint density at radius 3 is 2.68 bits per heavy atom. The van der Waals surface area contributed by atoms with E-state index in [1.54, 1.807) is 6.20 Å². The van der Waals surface area contributed by atoms with Gasteiger partial charge in [0.2, 0.25) is 0 Å². The summed E-state index contributed by atoms with van der Waals surface area (Å²) in [5.41, 5.74) is 1.79. The fourth-order valence-electron chi connectivity index (χ4n) is 3.61. The number of alkyl carbamates (subject to hydrolysis) is 1. The van der Waals surface area contributed by atoms with Crippen LogP contribution in [0.5, 0.6) is 0 Å². The number of aromatic nitrogens is 4. The molecule has 0 radical (unpaired) electrons. The van der Waals surface area contributed by atoms with Gasteiger partial charge >= 0.3 is 6.09 Å². The van der Waals surface area contributed by atoms with Crippen molar-refractivity contribution in [1.82, 2.24) is 24.9 Å². The average Bonchev–Trinajstić information content (AvgIpc) is 3.20. The van der Waals surface area contributed by atoms with Gasteiger partial charge in [0.25, 0.3) is 0 Å². The summed E-state index contributed by atoms with van der Waals surface area (Å²) in [6.07, 6.45) is 8.04. The molecule has 28 heavy (non-hydrogen) atoms. The molecule has 2 aromatic rings. The van der Waals surface area contributed by atoms with Gasteiger partial charge in [-0.2, -0.15) is 10.2 Å². The number of ether oxygens (including phenoxy) is 1. The quantitative estimate of drug-likeness (QED) is 0.790. The number of carbonyl (C=O) groups excluding carboxylic acids is 1. The Hall–Kier alpha value is -2.51. The van der Waals surface area contributed by atoms with E-state index in [1.165, 1.54) is 12.8 Å². The van der Waals surface area contributed by atoms with E-state index in [2.05, 4.69) is 26.6 Å². The zero-order valence-corrected chi connectivity index (χ0v) is 17.1.